The van der Waals surface area contributed by atoms with Crippen LogP contribution in [0.4, 0.5) is 0 Å². The average molecular weight is 214 g/mol. The van der Waals surface area contributed by atoms with Crippen molar-refractivity contribution in [3.63, 3.8) is 0 Å². The Morgan fingerprint density at radius 1 is 1.13 bits per heavy atom. The quantitative estimate of drug-likeness (QED) is 0.655. The summed E-state index contributed by atoms with van der Waals surface area (Å²) in [6, 6.07) is 0.180. The molecule has 0 rings (SSSR count). The summed E-state index contributed by atoms with van der Waals surface area (Å²) < 4.78 is 0. The highest BCUT2D eigenvalue weighted by Crippen LogP contribution is 2.02. The van der Waals surface area contributed by atoms with Gasteiger partial charge in [0.05, 0.1) is 0 Å². The predicted octanol–water partition coefficient (Wildman–Crippen LogP) is 0.764. The molecular weight excluding hydrogens is 192 g/mol. The maximum absolute atomic E-state index is 11.6. The van der Waals surface area contributed by atoms with Gasteiger partial charge in [-0.25, -0.2) is 0 Å². The van der Waals surface area contributed by atoms with E-state index in [1.807, 2.05) is 25.9 Å². The van der Waals surface area contributed by atoms with Gasteiger partial charge in [0.25, 0.3) is 0 Å². The molecule has 88 valence electrons. The lowest BCUT2D eigenvalue weighted by Gasteiger charge is -2.27. The summed E-state index contributed by atoms with van der Waals surface area (Å²) in [5, 5.41) is 0. The second-order valence-corrected chi connectivity index (χ2v) is 4.32. The fourth-order valence-electron chi connectivity index (χ4n) is 1.36. The number of nitrogens with zero attached hydrogens (tertiary/aromatic N) is 2. The Kier molecular flexibility index (Phi) is 6.17. The van der Waals surface area contributed by atoms with E-state index in [9.17, 15) is 9.59 Å². The van der Waals surface area contributed by atoms with Crippen molar-refractivity contribution in [1.29, 1.82) is 0 Å². The second kappa shape index (κ2) is 6.56. The number of carbonyl (C=O) groups excluding carboxylic acids is 2. The SMILES string of the molecule is CC(=O)CCC(=O)N(C)[C@H](C)CN(C)C. The van der Waals surface area contributed by atoms with Crippen molar-refractivity contribution in [3.8, 4) is 0 Å². The van der Waals surface area contributed by atoms with E-state index in [1.165, 1.54) is 6.92 Å². The van der Waals surface area contributed by atoms with Gasteiger partial charge in [0.2, 0.25) is 5.91 Å². The molecule has 0 heterocycles. The molecule has 0 radical (unpaired) electrons. The molecule has 1 atom stereocenters. The topological polar surface area (TPSA) is 40.6 Å². The van der Waals surface area contributed by atoms with Crippen molar-refractivity contribution >= 4 is 11.7 Å². The van der Waals surface area contributed by atoms with Crippen molar-refractivity contribution < 1.29 is 9.59 Å². The van der Waals surface area contributed by atoms with E-state index in [1.54, 1.807) is 11.9 Å². The highest BCUT2D eigenvalue weighted by atomic mass is 16.2. The number of carbonyl (C=O) groups is 2. The van der Waals surface area contributed by atoms with Gasteiger partial charge in [0.15, 0.2) is 0 Å². The van der Waals surface area contributed by atoms with Gasteiger partial charge in [-0.15, -0.1) is 0 Å². The van der Waals surface area contributed by atoms with Crippen LogP contribution in [0.15, 0.2) is 0 Å². The first kappa shape index (κ1) is 14.1. The smallest absolute Gasteiger partial charge is 0.223 e. The van der Waals surface area contributed by atoms with Crippen molar-refractivity contribution in [2.45, 2.75) is 32.7 Å². The number of rotatable bonds is 6. The molecule has 0 saturated carbocycles. The third kappa shape index (κ3) is 6.23. The van der Waals surface area contributed by atoms with Gasteiger partial charge in [-0.2, -0.15) is 0 Å². The third-order valence-corrected chi connectivity index (χ3v) is 2.37. The van der Waals surface area contributed by atoms with Gasteiger partial charge in [-0.05, 0) is 27.9 Å². The number of ketones is 1. The lowest BCUT2D eigenvalue weighted by atomic mass is 10.2. The van der Waals surface area contributed by atoms with E-state index in [0.717, 1.165) is 6.54 Å². The number of Topliss-reactive ketones (excluding diaryl/α,β-unsaturated/α-hetero) is 1. The van der Waals surface area contributed by atoms with E-state index in [0.29, 0.717) is 12.8 Å². The Balaban J connectivity index is 4.01. The van der Waals surface area contributed by atoms with E-state index in [4.69, 9.17) is 0 Å². The van der Waals surface area contributed by atoms with Gasteiger partial charge >= 0.3 is 0 Å². The van der Waals surface area contributed by atoms with Crippen LogP contribution in [-0.2, 0) is 9.59 Å². The Morgan fingerprint density at radius 3 is 2.07 bits per heavy atom. The molecule has 15 heavy (non-hydrogen) atoms. The molecule has 0 fully saturated rings. The highest BCUT2D eigenvalue weighted by Gasteiger charge is 2.16. The molecule has 1 amide bonds. The van der Waals surface area contributed by atoms with Crippen LogP contribution in [0.5, 0.6) is 0 Å². The van der Waals surface area contributed by atoms with Gasteiger partial charge in [0, 0.05) is 32.5 Å². The molecule has 4 nitrogen and oxygen atoms in total. The van der Waals surface area contributed by atoms with Gasteiger partial charge in [-0.1, -0.05) is 0 Å². The molecule has 0 aliphatic heterocycles. The molecule has 4 heteroatoms. The van der Waals surface area contributed by atoms with Crippen LogP contribution >= 0.6 is 0 Å². The maximum atomic E-state index is 11.6. The predicted molar refractivity (Wildman–Crippen MR) is 60.7 cm³/mol. The van der Waals surface area contributed by atoms with Gasteiger partial charge in [-0.3, -0.25) is 4.79 Å². The average Bonchev–Trinajstić information content (AvgIpc) is 2.11. The van der Waals surface area contributed by atoms with Gasteiger partial charge < -0.3 is 14.6 Å². The molecule has 0 aromatic carbocycles. The van der Waals surface area contributed by atoms with Crippen LogP contribution in [0.2, 0.25) is 0 Å². The minimum absolute atomic E-state index is 0.0413. The van der Waals surface area contributed by atoms with Gasteiger partial charge in [0.1, 0.15) is 5.78 Å². The minimum Gasteiger partial charge on any atom is -0.342 e. The fraction of sp³-hybridized carbons (Fsp3) is 0.818. The first-order chi connectivity index (χ1) is 6.84. The third-order valence-electron chi connectivity index (χ3n) is 2.37. The largest absolute Gasteiger partial charge is 0.342 e. The summed E-state index contributed by atoms with van der Waals surface area (Å²) >= 11 is 0. The molecule has 0 spiro atoms. The number of hydrogen-bond acceptors (Lipinski definition) is 3. The van der Waals surface area contributed by atoms with Crippen LogP contribution in [0, 0.1) is 0 Å². The Labute approximate surface area is 92.2 Å². The molecule has 0 aromatic rings. The summed E-state index contributed by atoms with van der Waals surface area (Å²) in [7, 11) is 5.74. The summed E-state index contributed by atoms with van der Waals surface area (Å²) in [5.41, 5.74) is 0. The summed E-state index contributed by atoms with van der Waals surface area (Å²) in [6.07, 6.45) is 0.668. The minimum atomic E-state index is 0.0413. The second-order valence-electron chi connectivity index (χ2n) is 4.32. The number of likely N-dealkylation sites (N-methyl/N-ethyl adjacent to an activating group) is 2. The molecule has 0 bridgehead atoms. The number of hydrogen-bond donors (Lipinski definition) is 0. The maximum Gasteiger partial charge on any atom is 0.223 e. The normalized spacial score (nSPS) is 12.7. The van der Waals surface area contributed by atoms with E-state index in [-0.39, 0.29) is 17.7 Å². The molecular formula is C11H22N2O2. The zero-order chi connectivity index (χ0) is 12.0. The summed E-state index contributed by atoms with van der Waals surface area (Å²) in [6.45, 7) is 4.35. The molecule has 0 N–H and O–H groups in total. The van der Waals surface area contributed by atoms with Crippen molar-refractivity contribution in [3.05, 3.63) is 0 Å². The Bertz CT molecular complexity index is 227. The molecule has 0 aliphatic rings. The van der Waals surface area contributed by atoms with Crippen LogP contribution < -0.4 is 0 Å². The van der Waals surface area contributed by atoms with Crippen molar-refractivity contribution in [2.24, 2.45) is 0 Å². The Morgan fingerprint density at radius 2 is 1.67 bits per heavy atom. The van der Waals surface area contributed by atoms with Crippen LogP contribution in [0.1, 0.15) is 26.7 Å². The lowest BCUT2D eigenvalue weighted by molar-refractivity contribution is -0.133. The summed E-state index contributed by atoms with van der Waals surface area (Å²) in [5.74, 6) is 0.108. The lowest BCUT2D eigenvalue weighted by Crippen LogP contribution is -2.41. The molecule has 0 aromatic heterocycles. The zero-order valence-corrected chi connectivity index (χ0v) is 10.4. The standard InChI is InChI=1S/C11H22N2O2/c1-9(8-12(3)4)13(5)11(15)7-6-10(2)14/h9H,6-8H2,1-5H3/t9-/m1/s1. The van der Waals surface area contributed by atoms with Crippen LogP contribution in [-0.4, -0.2) is 55.2 Å². The van der Waals surface area contributed by atoms with Crippen LogP contribution in [0.25, 0.3) is 0 Å². The zero-order valence-electron chi connectivity index (χ0n) is 10.4. The first-order valence-corrected chi connectivity index (χ1v) is 5.24. The Hall–Kier alpha value is -0.900. The number of amides is 1. The first-order valence-electron chi connectivity index (χ1n) is 5.24. The van der Waals surface area contributed by atoms with E-state index >= 15 is 0 Å². The van der Waals surface area contributed by atoms with E-state index < -0.39 is 0 Å². The summed E-state index contributed by atoms with van der Waals surface area (Å²) in [4.78, 5) is 26.1. The van der Waals surface area contributed by atoms with Crippen LogP contribution in [0.3, 0.4) is 0 Å². The van der Waals surface area contributed by atoms with E-state index in [2.05, 4.69) is 0 Å². The molecule has 0 unspecified atom stereocenters. The fourth-order valence-corrected chi connectivity index (χ4v) is 1.36. The highest BCUT2D eigenvalue weighted by molar-refractivity contribution is 5.83. The van der Waals surface area contributed by atoms with Crippen molar-refractivity contribution in [2.75, 3.05) is 27.7 Å². The molecule has 0 aliphatic carbocycles. The monoisotopic (exact) mass is 214 g/mol. The molecule has 0 saturated heterocycles. The van der Waals surface area contributed by atoms with Crippen molar-refractivity contribution in [1.82, 2.24) is 9.80 Å².